The lowest BCUT2D eigenvalue weighted by molar-refractivity contribution is -0.0289. The van der Waals surface area contributed by atoms with Crippen LogP contribution in [0.3, 0.4) is 0 Å². The number of fused-ring (bicyclic) bond motifs is 1. The Balaban J connectivity index is 1.05. The fraction of sp³-hybridized carbons (Fsp3) is 0.346. The van der Waals surface area contributed by atoms with Gasteiger partial charge in [0.05, 0.1) is 12.4 Å². The number of rotatable bonds is 10. The van der Waals surface area contributed by atoms with E-state index in [0.717, 1.165) is 42.0 Å². The van der Waals surface area contributed by atoms with Crippen molar-refractivity contribution in [1.29, 1.82) is 0 Å². The first-order valence-corrected chi connectivity index (χ1v) is 13.2. The molecule has 11 heteroatoms. The fourth-order valence-corrected chi connectivity index (χ4v) is 5.44. The summed E-state index contributed by atoms with van der Waals surface area (Å²) in [5.41, 5.74) is 9.71. The quantitative estimate of drug-likeness (QED) is 0.231. The molecule has 0 spiro atoms. The molecule has 4 atom stereocenters. The summed E-state index contributed by atoms with van der Waals surface area (Å²) in [7, 11) is 0. The number of thioether (sulfide) groups is 1. The van der Waals surface area contributed by atoms with Crippen LogP contribution in [0.4, 0.5) is 10.2 Å². The fourth-order valence-electron chi connectivity index (χ4n) is 4.41. The number of ether oxygens (including phenoxy) is 1. The first kappa shape index (κ1) is 25.6. The zero-order valence-electron chi connectivity index (χ0n) is 20.1. The van der Waals surface area contributed by atoms with Crippen molar-refractivity contribution in [3.8, 4) is 11.1 Å². The highest BCUT2D eigenvalue weighted by atomic mass is 32.2. The molecule has 5 N–H and O–H groups in total. The predicted octanol–water partition coefficient (Wildman–Crippen LogP) is 2.75. The third kappa shape index (κ3) is 5.76. The summed E-state index contributed by atoms with van der Waals surface area (Å²) >= 11 is 1.67. The highest BCUT2D eigenvalue weighted by Gasteiger charge is 2.44. The van der Waals surface area contributed by atoms with E-state index in [1.165, 1.54) is 24.8 Å². The average Bonchev–Trinajstić information content (AvgIpc) is 3.45. The van der Waals surface area contributed by atoms with Gasteiger partial charge in [0.2, 0.25) is 0 Å². The SMILES string of the molecule is Nc1ncnc2c1ncn2[C@@H]1O[C@H](CSCCCNCc2cccc(-c3cccc(F)c3)c2)[C@@H](O)[C@H]1O. The van der Waals surface area contributed by atoms with Gasteiger partial charge in [0.1, 0.15) is 29.9 Å². The van der Waals surface area contributed by atoms with E-state index in [1.807, 2.05) is 18.2 Å². The normalized spacial score (nSPS) is 21.6. The lowest BCUT2D eigenvalue weighted by Crippen LogP contribution is -2.32. The number of anilines is 1. The molecule has 1 aliphatic rings. The average molecular weight is 525 g/mol. The summed E-state index contributed by atoms with van der Waals surface area (Å²) in [5, 5.41) is 24.5. The number of nitrogen functional groups attached to an aromatic ring is 1. The van der Waals surface area contributed by atoms with Gasteiger partial charge in [0.15, 0.2) is 17.7 Å². The van der Waals surface area contributed by atoms with Gasteiger partial charge in [-0.1, -0.05) is 30.3 Å². The maximum Gasteiger partial charge on any atom is 0.167 e. The summed E-state index contributed by atoms with van der Waals surface area (Å²) in [6, 6.07) is 14.7. The lowest BCUT2D eigenvalue weighted by Gasteiger charge is -2.16. The van der Waals surface area contributed by atoms with Crippen LogP contribution in [0.1, 0.15) is 18.2 Å². The van der Waals surface area contributed by atoms with Crippen molar-refractivity contribution in [2.75, 3.05) is 23.8 Å². The van der Waals surface area contributed by atoms with E-state index in [1.54, 1.807) is 22.4 Å². The zero-order valence-corrected chi connectivity index (χ0v) is 20.9. The number of aromatic nitrogens is 4. The summed E-state index contributed by atoms with van der Waals surface area (Å²) in [6.45, 7) is 1.55. The molecule has 0 saturated carbocycles. The molecule has 1 fully saturated rings. The van der Waals surface area contributed by atoms with Crippen LogP contribution in [0.5, 0.6) is 0 Å². The molecule has 9 nitrogen and oxygen atoms in total. The Morgan fingerprint density at radius 2 is 1.86 bits per heavy atom. The maximum atomic E-state index is 13.5. The number of aliphatic hydroxyl groups is 2. The predicted molar refractivity (Wildman–Crippen MR) is 141 cm³/mol. The molecule has 0 radical (unpaired) electrons. The second kappa shape index (κ2) is 11.5. The standard InChI is InChI=1S/C26H29FN6O3S/c27-19-7-2-6-18(11-19)17-5-1-4-16(10-17)12-29-8-3-9-37-13-20-22(34)23(35)26(36-20)33-15-32-21-24(28)30-14-31-25(21)33/h1-2,4-7,10-11,14-15,20,22-23,26,29,34-35H,3,8-9,12-13H2,(H2,28,30,31)/t20-,22-,23-,26-/m1/s1. The molecule has 194 valence electrons. The van der Waals surface area contributed by atoms with Gasteiger partial charge < -0.3 is 26.0 Å². The van der Waals surface area contributed by atoms with Crippen molar-refractivity contribution in [3.05, 3.63) is 72.6 Å². The van der Waals surface area contributed by atoms with Crippen LogP contribution in [-0.4, -0.2) is 66.1 Å². The van der Waals surface area contributed by atoms with Crippen molar-refractivity contribution in [2.24, 2.45) is 0 Å². The number of hydrogen-bond donors (Lipinski definition) is 4. The Morgan fingerprint density at radius 3 is 2.70 bits per heavy atom. The van der Waals surface area contributed by atoms with Crippen LogP contribution >= 0.6 is 11.8 Å². The van der Waals surface area contributed by atoms with Crippen molar-refractivity contribution in [3.63, 3.8) is 0 Å². The molecule has 1 aliphatic heterocycles. The van der Waals surface area contributed by atoms with E-state index in [9.17, 15) is 14.6 Å². The number of imidazole rings is 1. The molecule has 37 heavy (non-hydrogen) atoms. The molecule has 5 rings (SSSR count). The van der Waals surface area contributed by atoms with Gasteiger partial charge in [-0.25, -0.2) is 19.3 Å². The Morgan fingerprint density at radius 1 is 1.05 bits per heavy atom. The van der Waals surface area contributed by atoms with E-state index in [-0.39, 0.29) is 11.6 Å². The number of nitrogens with one attached hydrogen (secondary N) is 1. The summed E-state index contributed by atoms with van der Waals surface area (Å²) in [6.07, 6.45) is 0.318. The van der Waals surface area contributed by atoms with Gasteiger partial charge >= 0.3 is 0 Å². The van der Waals surface area contributed by atoms with Gasteiger partial charge in [-0.15, -0.1) is 0 Å². The number of hydrogen-bond acceptors (Lipinski definition) is 9. The number of aliphatic hydroxyl groups excluding tert-OH is 2. The van der Waals surface area contributed by atoms with E-state index >= 15 is 0 Å². The molecule has 2 aromatic carbocycles. The Kier molecular flexibility index (Phi) is 7.96. The van der Waals surface area contributed by atoms with Gasteiger partial charge in [-0.05, 0) is 53.6 Å². The second-order valence-electron chi connectivity index (χ2n) is 8.95. The third-order valence-corrected chi connectivity index (χ3v) is 7.48. The summed E-state index contributed by atoms with van der Waals surface area (Å²) < 4.78 is 21.1. The summed E-state index contributed by atoms with van der Waals surface area (Å²) in [5.74, 6) is 1.43. The Labute approximate surface area is 217 Å². The minimum Gasteiger partial charge on any atom is -0.387 e. The first-order chi connectivity index (χ1) is 18.0. The molecule has 3 heterocycles. The molecular weight excluding hydrogens is 495 g/mol. The van der Waals surface area contributed by atoms with E-state index < -0.39 is 24.5 Å². The number of halogens is 1. The topological polar surface area (TPSA) is 131 Å². The largest absolute Gasteiger partial charge is 0.387 e. The van der Waals surface area contributed by atoms with Gasteiger partial charge in [0.25, 0.3) is 0 Å². The van der Waals surface area contributed by atoms with Crippen LogP contribution in [-0.2, 0) is 11.3 Å². The minimum atomic E-state index is -1.11. The maximum absolute atomic E-state index is 13.5. The molecule has 0 bridgehead atoms. The molecule has 0 aliphatic carbocycles. The molecule has 2 aromatic heterocycles. The minimum absolute atomic E-state index is 0.242. The van der Waals surface area contributed by atoms with Crippen LogP contribution in [0, 0.1) is 5.82 Å². The zero-order chi connectivity index (χ0) is 25.8. The Bertz CT molecular complexity index is 1350. The van der Waals surface area contributed by atoms with Crippen LogP contribution < -0.4 is 11.1 Å². The highest BCUT2D eigenvalue weighted by molar-refractivity contribution is 7.99. The van der Waals surface area contributed by atoms with Crippen LogP contribution in [0.2, 0.25) is 0 Å². The molecular formula is C26H29FN6O3S. The molecule has 1 saturated heterocycles. The number of nitrogens with zero attached hydrogens (tertiary/aromatic N) is 4. The summed E-state index contributed by atoms with van der Waals surface area (Å²) in [4.78, 5) is 12.3. The van der Waals surface area contributed by atoms with E-state index in [2.05, 4.69) is 32.4 Å². The molecule has 4 aromatic rings. The Hall–Kier alpha value is -3.09. The van der Waals surface area contributed by atoms with Gasteiger partial charge in [-0.3, -0.25) is 4.57 Å². The van der Waals surface area contributed by atoms with E-state index in [0.29, 0.717) is 16.9 Å². The third-order valence-electron chi connectivity index (χ3n) is 6.34. The number of nitrogens with two attached hydrogens (primary N) is 1. The van der Waals surface area contributed by atoms with Crippen LogP contribution in [0.25, 0.3) is 22.3 Å². The van der Waals surface area contributed by atoms with Gasteiger partial charge in [-0.2, -0.15) is 11.8 Å². The monoisotopic (exact) mass is 524 g/mol. The van der Waals surface area contributed by atoms with Crippen molar-refractivity contribution in [1.82, 2.24) is 24.8 Å². The van der Waals surface area contributed by atoms with Crippen molar-refractivity contribution >= 4 is 28.7 Å². The van der Waals surface area contributed by atoms with E-state index in [4.69, 9.17) is 10.5 Å². The van der Waals surface area contributed by atoms with Gasteiger partial charge in [0, 0.05) is 12.3 Å². The van der Waals surface area contributed by atoms with Crippen molar-refractivity contribution in [2.45, 2.75) is 37.5 Å². The van der Waals surface area contributed by atoms with Crippen molar-refractivity contribution < 1.29 is 19.3 Å². The molecule has 0 amide bonds. The number of benzene rings is 2. The highest BCUT2D eigenvalue weighted by Crippen LogP contribution is 2.33. The molecule has 0 unspecified atom stereocenters. The van der Waals surface area contributed by atoms with Crippen LogP contribution in [0.15, 0.2) is 61.2 Å². The second-order valence-corrected chi connectivity index (χ2v) is 10.1. The first-order valence-electron chi connectivity index (χ1n) is 12.1. The lowest BCUT2D eigenvalue weighted by atomic mass is 10.0. The smallest absolute Gasteiger partial charge is 0.167 e.